The maximum absolute atomic E-state index is 12.5. The zero-order valence-corrected chi connectivity index (χ0v) is 17.8. The van der Waals surface area contributed by atoms with E-state index >= 15 is 0 Å². The molecule has 0 unspecified atom stereocenters. The molecule has 0 N–H and O–H groups in total. The van der Waals surface area contributed by atoms with Crippen molar-refractivity contribution in [3.8, 4) is 0 Å². The van der Waals surface area contributed by atoms with Crippen molar-refractivity contribution >= 4 is 12.1 Å². The number of carbonyl (C=O) groups excluding carboxylic acids is 2. The standard InChI is InChI=1S/C25H36O2/c1-16(2)7-6-8-17(3)20-11-12-25(5)14-21-18(4)13-23(27)24(21)19(15-26)9-10-22(20)25/h7,9,13,15,17,20-22,24H,6,8,10-12,14H2,1-5H3/b19-9-/t17-,20+,21+,22-,24-,25+/m0/s1. The van der Waals surface area contributed by atoms with Crippen LogP contribution in [0.2, 0.25) is 0 Å². The van der Waals surface area contributed by atoms with Gasteiger partial charge in [0.2, 0.25) is 0 Å². The Morgan fingerprint density at radius 1 is 1.37 bits per heavy atom. The second kappa shape index (κ2) is 7.89. The molecule has 0 radical (unpaired) electrons. The Hall–Kier alpha value is -1.44. The van der Waals surface area contributed by atoms with E-state index in [0.29, 0.717) is 11.8 Å². The Morgan fingerprint density at radius 2 is 2.11 bits per heavy atom. The predicted octanol–water partition coefficient (Wildman–Crippen LogP) is 6.08. The lowest BCUT2D eigenvalue weighted by atomic mass is 9.63. The minimum atomic E-state index is -0.214. The molecule has 6 atom stereocenters. The number of hydrogen-bond acceptors (Lipinski definition) is 2. The Kier molecular flexibility index (Phi) is 5.93. The molecule has 3 aliphatic carbocycles. The molecule has 0 amide bonds. The van der Waals surface area contributed by atoms with Gasteiger partial charge in [-0.25, -0.2) is 0 Å². The van der Waals surface area contributed by atoms with E-state index in [-0.39, 0.29) is 23.0 Å². The van der Waals surface area contributed by atoms with Crippen LogP contribution < -0.4 is 0 Å². The fourth-order valence-corrected chi connectivity index (χ4v) is 6.21. The molecule has 0 aromatic heterocycles. The topological polar surface area (TPSA) is 34.1 Å². The average Bonchev–Trinajstić information content (AvgIpc) is 3.04. The van der Waals surface area contributed by atoms with Gasteiger partial charge in [0.25, 0.3) is 0 Å². The van der Waals surface area contributed by atoms with E-state index in [1.807, 2.05) is 0 Å². The Balaban J connectivity index is 1.84. The molecule has 1 saturated carbocycles. The molecule has 0 bridgehead atoms. The maximum atomic E-state index is 12.5. The molecule has 0 aromatic rings. The average molecular weight is 369 g/mol. The van der Waals surface area contributed by atoms with Gasteiger partial charge in [-0.3, -0.25) is 9.59 Å². The minimum absolute atomic E-state index is 0.141. The summed E-state index contributed by atoms with van der Waals surface area (Å²) in [6.07, 6.45) is 14.2. The lowest BCUT2D eigenvalue weighted by Gasteiger charge is -2.41. The molecule has 0 spiro atoms. The van der Waals surface area contributed by atoms with Gasteiger partial charge in [0.05, 0.1) is 5.92 Å². The number of carbonyl (C=O) groups is 2. The molecule has 0 heterocycles. The summed E-state index contributed by atoms with van der Waals surface area (Å²) in [6, 6.07) is 0. The number of fused-ring (bicyclic) bond motifs is 2. The van der Waals surface area contributed by atoms with Crippen LogP contribution in [-0.4, -0.2) is 12.1 Å². The summed E-state index contributed by atoms with van der Waals surface area (Å²) in [5, 5.41) is 0. The molecule has 0 aliphatic heterocycles. The fraction of sp³-hybridized carbons (Fsp3) is 0.680. The molecule has 0 aromatic carbocycles. The van der Waals surface area contributed by atoms with E-state index in [1.54, 1.807) is 6.08 Å². The number of ketones is 1. The zero-order chi connectivity index (χ0) is 19.8. The van der Waals surface area contributed by atoms with Gasteiger partial charge in [-0.2, -0.15) is 0 Å². The van der Waals surface area contributed by atoms with Crippen LogP contribution in [0.3, 0.4) is 0 Å². The van der Waals surface area contributed by atoms with E-state index in [2.05, 4.69) is 46.8 Å². The van der Waals surface area contributed by atoms with Crippen molar-refractivity contribution < 1.29 is 9.59 Å². The van der Waals surface area contributed by atoms with Crippen molar-refractivity contribution in [3.05, 3.63) is 34.9 Å². The van der Waals surface area contributed by atoms with E-state index in [1.165, 1.54) is 36.8 Å². The van der Waals surface area contributed by atoms with Crippen molar-refractivity contribution in [1.29, 1.82) is 0 Å². The molecule has 3 aliphatic rings. The van der Waals surface area contributed by atoms with Gasteiger partial charge in [0.15, 0.2) is 5.78 Å². The highest BCUT2D eigenvalue weighted by molar-refractivity contribution is 6.01. The van der Waals surface area contributed by atoms with Crippen molar-refractivity contribution in [2.45, 2.75) is 73.1 Å². The smallest absolute Gasteiger partial charge is 0.163 e. The highest BCUT2D eigenvalue weighted by atomic mass is 16.1. The van der Waals surface area contributed by atoms with Crippen LogP contribution in [0.4, 0.5) is 0 Å². The van der Waals surface area contributed by atoms with Crippen LogP contribution >= 0.6 is 0 Å². The predicted molar refractivity (Wildman–Crippen MR) is 111 cm³/mol. The van der Waals surface area contributed by atoms with Crippen LogP contribution in [0.15, 0.2) is 34.9 Å². The van der Waals surface area contributed by atoms with Crippen LogP contribution in [0.5, 0.6) is 0 Å². The van der Waals surface area contributed by atoms with Crippen LogP contribution in [-0.2, 0) is 9.59 Å². The number of aldehydes is 1. The molecular formula is C25H36O2. The van der Waals surface area contributed by atoms with E-state index in [4.69, 9.17) is 0 Å². The van der Waals surface area contributed by atoms with Gasteiger partial charge in [0, 0.05) is 0 Å². The van der Waals surface area contributed by atoms with Gasteiger partial charge in [-0.05, 0) is 100 Å². The highest BCUT2D eigenvalue weighted by Crippen LogP contribution is 2.58. The third kappa shape index (κ3) is 3.91. The van der Waals surface area contributed by atoms with Crippen molar-refractivity contribution in [3.63, 3.8) is 0 Å². The Labute approximate surface area is 165 Å². The molecule has 2 heteroatoms. The lowest BCUT2D eigenvalue weighted by molar-refractivity contribution is -0.119. The monoisotopic (exact) mass is 368 g/mol. The van der Waals surface area contributed by atoms with Crippen LogP contribution in [0.1, 0.15) is 73.1 Å². The number of rotatable bonds is 5. The molecule has 148 valence electrons. The maximum Gasteiger partial charge on any atom is 0.163 e. The normalized spacial score (nSPS) is 38.6. The van der Waals surface area contributed by atoms with Gasteiger partial charge in [-0.1, -0.05) is 37.1 Å². The number of hydrogen-bond donors (Lipinski definition) is 0. The van der Waals surface area contributed by atoms with Crippen LogP contribution in [0.25, 0.3) is 0 Å². The largest absolute Gasteiger partial charge is 0.298 e. The quantitative estimate of drug-likeness (QED) is 0.435. The van der Waals surface area contributed by atoms with E-state index in [0.717, 1.165) is 30.6 Å². The van der Waals surface area contributed by atoms with Gasteiger partial charge < -0.3 is 0 Å². The zero-order valence-electron chi connectivity index (χ0n) is 17.8. The molecular weight excluding hydrogens is 332 g/mol. The lowest BCUT2D eigenvalue weighted by Crippen LogP contribution is -2.34. The first-order chi connectivity index (χ1) is 12.8. The molecule has 27 heavy (non-hydrogen) atoms. The minimum Gasteiger partial charge on any atom is -0.298 e. The van der Waals surface area contributed by atoms with E-state index < -0.39 is 0 Å². The second-order valence-electron chi connectivity index (χ2n) is 9.94. The first kappa shape index (κ1) is 20.3. The molecule has 0 saturated heterocycles. The van der Waals surface area contributed by atoms with Gasteiger partial charge >= 0.3 is 0 Å². The second-order valence-corrected chi connectivity index (χ2v) is 9.94. The molecule has 2 nitrogen and oxygen atoms in total. The Bertz CT molecular complexity index is 691. The summed E-state index contributed by atoms with van der Waals surface area (Å²) in [6.45, 7) is 11.3. The Morgan fingerprint density at radius 3 is 2.78 bits per heavy atom. The van der Waals surface area contributed by atoms with Gasteiger partial charge in [-0.15, -0.1) is 0 Å². The molecule has 1 fully saturated rings. The SMILES string of the molecule is CC(C)=CCC[C@H](C)[C@H]1CC[C@]2(C)C[C@@H]3C(C)=CC(=O)[C@H]3/C(C=O)=C\C[C@@H]12. The summed E-state index contributed by atoms with van der Waals surface area (Å²) in [7, 11) is 0. The number of allylic oxidation sites excluding steroid dienone is 6. The third-order valence-corrected chi connectivity index (χ3v) is 7.82. The summed E-state index contributed by atoms with van der Waals surface area (Å²) >= 11 is 0. The van der Waals surface area contributed by atoms with Crippen molar-refractivity contribution in [2.24, 2.45) is 35.0 Å². The summed E-state index contributed by atoms with van der Waals surface area (Å²) in [4.78, 5) is 24.3. The summed E-state index contributed by atoms with van der Waals surface area (Å²) in [5.41, 5.74) is 3.60. The van der Waals surface area contributed by atoms with Crippen LogP contribution in [0, 0.1) is 35.0 Å². The third-order valence-electron chi connectivity index (χ3n) is 7.82. The van der Waals surface area contributed by atoms with Crippen molar-refractivity contribution in [1.82, 2.24) is 0 Å². The first-order valence-corrected chi connectivity index (χ1v) is 10.8. The molecule has 3 rings (SSSR count). The first-order valence-electron chi connectivity index (χ1n) is 10.8. The fourth-order valence-electron chi connectivity index (χ4n) is 6.21. The van der Waals surface area contributed by atoms with E-state index in [9.17, 15) is 9.59 Å². The summed E-state index contributed by atoms with van der Waals surface area (Å²) < 4.78 is 0. The van der Waals surface area contributed by atoms with Gasteiger partial charge in [0.1, 0.15) is 6.29 Å². The van der Waals surface area contributed by atoms with Crippen molar-refractivity contribution in [2.75, 3.05) is 0 Å². The highest BCUT2D eigenvalue weighted by Gasteiger charge is 2.50. The summed E-state index contributed by atoms with van der Waals surface area (Å²) in [5.74, 6) is 2.21.